The Labute approximate surface area is 98.9 Å². The maximum Gasteiger partial charge on any atom is 0.210 e. The van der Waals surface area contributed by atoms with E-state index >= 15 is 0 Å². The van der Waals surface area contributed by atoms with Crippen LogP contribution in [0.15, 0.2) is 18.5 Å². The van der Waals surface area contributed by atoms with E-state index in [1.165, 1.54) is 19.3 Å². The first-order valence-corrected chi connectivity index (χ1v) is 5.97. The Balaban J connectivity index is 2.09. The van der Waals surface area contributed by atoms with Gasteiger partial charge in [-0.1, -0.05) is 0 Å². The summed E-state index contributed by atoms with van der Waals surface area (Å²) in [7, 11) is 0. The number of rotatable bonds is 1. The molecule has 16 heavy (non-hydrogen) atoms. The quantitative estimate of drug-likeness (QED) is 0.713. The van der Waals surface area contributed by atoms with E-state index in [1.54, 1.807) is 6.20 Å². The topological polar surface area (TPSA) is 33.4 Å². The second kappa shape index (κ2) is 3.94. The molecule has 1 saturated heterocycles. The van der Waals surface area contributed by atoms with Gasteiger partial charge in [-0.25, -0.2) is 9.97 Å². The van der Waals surface area contributed by atoms with E-state index in [4.69, 9.17) is 11.6 Å². The summed E-state index contributed by atoms with van der Waals surface area (Å²) in [4.78, 5) is 10.8. The SMILES string of the molecule is Clc1nccc2ncc(N3CCCCC3)n12. The van der Waals surface area contributed by atoms with Crippen LogP contribution in [0.25, 0.3) is 5.65 Å². The number of anilines is 1. The van der Waals surface area contributed by atoms with Crippen LogP contribution in [0.2, 0.25) is 5.28 Å². The summed E-state index contributed by atoms with van der Waals surface area (Å²) >= 11 is 6.11. The van der Waals surface area contributed by atoms with Gasteiger partial charge in [0.25, 0.3) is 0 Å². The number of nitrogens with zero attached hydrogens (tertiary/aromatic N) is 4. The normalized spacial score (nSPS) is 16.9. The molecule has 0 aromatic carbocycles. The van der Waals surface area contributed by atoms with Crippen LogP contribution in [0.3, 0.4) is 0 Å². The van der Waals surface area contributed by atoms with Gasteiger partial charge in [-0.2, -0.15) is 0 Å². The molecule has 0 radical (unpaired) electrons. The Bertz CT molecular complexity index is 502. The molecule has 0 atom stereocenters. The van der Waals surface area contributed by atoms with E-state index < -0.39 is 0 Å². The first-order valence-electron chi connectivity index (χ1n) is 5.59. The number of halogens is 1. The predicted octanol–water partition coefficient (Wildman–Crippen LogP) is 2.37. The largest absolute Gasteiger partial charge is 0.356 e. The van der Waals surface area contributed by atoms with E-state index in [0.717, 1.165) is 24.6 Å². The van der Waals surface area contributed by atoms with Crippen molar-refractivity contribution in [3.05, 3.63) is 23.7 Å². The lowest BCUT2D eigenvalue weighted by atomic mass is 10.1. The second-order valence-corrected chi connectivity index (χ2v) is 4.41. The Morgan fingerprint density at radius 2 is 1.94 bits per heavy atom. The monoisotopic (exact) mass is 236 g/mol. The molecule has 0 aliphatic carbocycles. The molecular formula is C11H13ClN4. The molecule has 4 nitrogen and oxygen atoms in total. The lowest BCUT2D eigenvalue weighted by Gasteiger charge is -2.27. The smallest absolute Gasteiger partial charge is 0.210 e. The molecule has 2 aromatic rings. The minimum absolute atomic E-state index is 0.482. The van der Waals surface area contributed by atoms with Gasteiger partial charge in [0.15, 0.2) is 0 Å². The van der Waals surface area contributed by atoms with Crippen molar-refractivity contribution in [1.82, 2.24) is 14.4 Å². The molecular weight excluding hydrogens is 224 g/mol. The van der Waals surface area contributed by atoms with E-state index in [1.807, 2.05) is 16.7 Å². The van der Waals surface area contributed by atoms with Crippen LogP contribution in [0, 0.1) is 0 Å². The average Bonchev–Trinajstić information content (AvgIpc) is 2.75. The predicted molar refractivity (Wildman–Crippen MR) is 64.1 cm³/mol. The number of imidazole rings is 1. The first-order chi connectivity index (χ1) is 7.86. The third kappa shape index (κ3) is 1.53. The standard InChI is InChI=1S/C11H13ClN4/c12-11-13-5-4-9-14-8-10(16(9)11)15-6-2-1-3-7-15/h4-5,8H,1-3,6-7H2. The van der Waals surface area contributed by atoms with Gasteiger partial charge in [0.2, 0.25) is 5.28 Å². The average molecular weight is 237 g/mol. The molecule has 0 bridgehead atoms. The van der Waals surface area contributed by atoms with E-state index in [-0.39, 0.29) is 0 Å². The fourth-order valence-electron chi connectivity index (χ4n) is 2.23. The van der Waals surface area contributed by atoms with Gasteiger partial charge in [0, 0.05) is 19.3 Å². The van der Waals surface area contributed by atoms with Gasteiger partial charge in [0.1, 0.15) is 11.5 Å². The van der Waals surface area contributed by atoms with Crippen molar-refractivity contribution >= 4 is 23.1 Å². The van der Waals surface area contributed by atoms with E-state index in [2.05, 4.69) is 14.9 Å². The maximum atomic E-state index is 6.11. The molecule has 1 aliphatic heterocycles. The summed E-state index contributed by atoms with van der Waals surface area (Å²) in [5, 5.41) is 0.482. The summed E-state index contributed by atoms with van der Waals surface area (Å²) < 4.78 is 1.91. The lowest BCUT2D eigenvalue weighted by Crippen LogP contribution is -2.30. The van der Waals surface area contributed by atoms with Crippen LogP contribution >= 0.6 is 11.6 Å². The number of piperidine rings is 1. The van der Waals surface area contributed by atoms with Crippen molar-refractivity contribution in [2.45, 2.75) is 19.3 Å². The van der Waals surface area contributed by atoms with Crippen molar-refractivity contribution in [2.75, 3.05) is 18.0 Å². The first kappa shape index (κ1) is 9.90. The zero-order valence-electron chi connectivity index (χ0n) is 8.93. The third-order valence-corrected chi connectivity index (χ3v) is 3.31. The van der Waals surface area contributed by atoms with Crippen LogP contribution in [0.4, 0.5) is 5.82 Å². The van der Waals surface area contributed by atoms with Crippen LogP contribution in [-0.4, -0.2) is 27.5 Å². The third-order valence-electron chi connectivity index (χ3n) is 3.04. The van der Waals surface area contributed by atoms with Gasteiger partial charge in [-0.05, 0) is 36.9 Å². The number of hydrogen-bond donors (Lipinski definition) is 0. The zero-order chi connectivity index (χ0) is 11.0. The highest BCUT2D eigenvalue weighted by Crippen LogP contribution is 2.23. The van der Waals surface area contributed by atoms with Crippen LogP contribution in [-0.2, 0) is 0 Å². The summed E-state index contributed by atoms with van der Waals surface area (Å²) in [5.74, 6) is 1.06. The fraction of sp³-hybridized carbons (Fsp3) is 0.455. The Morgan fingerprint density at radius 1 is 1.12 bits per heavy atom. The summed E-state index contributed by atoms with van der Waals surface area (Å²) in [5.41, 5.74) is 0.862. The molecule has 1 fully saturated rings. The van der Waals surface area contributed by atoms with Gasteiger partial charge >= 0.3 is 0 Å². The van der Waals surface area contributed by atoms with Gasteiger partial charge in [0.05, 0.1) is 6.20 Å². The molecule has 0 unspecified atom stereocenters. The minimum atomic E-state index is 0.482. The van der Waals surface area contributed by atoms with Gasteiger partial charge < -0.3 is 4.90 Å². The number of aromatic nitrogens is 3. The van der Waals surface area contributed by atoms with Crippen LogP contribution in [0.1, 0.15) is 19.3 Å². The lowest BCUT2D eigenvalue weighted by molar-refractivity contribution is 0.572. The highest BCUT2D eigenvalue weighted by Gasteiger charge is 2.16. The molecule has 0 spiro atoms. The van der Waals surface area contributed by atoms with E-state index in [0.29, 0.717) is 5.28 Å². The van der Waals surface area contributed by atoms with Gasteiger partial charge in [-0.15, -0.1) is 0 Å². The molecule has 0 N–H and O–H groups in total. The van der Waals surface area contributed by atoms with Crippen LogP contribution in [0.5, 0.6) is 0 Å². The highest BCUT2D eigenvalue weighted by atomic mass is 35.5. The number of hydrogen-bond acceptors (Lipinski definition) is 3. The molecule has 0 saturated carbocycles. The fourth-order valence-corrected chi connectivity index (χ4v) is 2.46. The molecule has 1 aliphatic rings. The van der Waals surface area contributed by atoms with Crippen molar-refractivity contribution in [1.29, 1.82) is 0 Å². The van der Waals surface area contributed by atoms with Gasteiger partial charge in [-0.3, -0.25) is 4.40 Å². The number of fused-ring (bicyclic) bond motifs is 1. The van der Waals surface area contributed by atoms with Crippen molar-refractivity contribution in [3.63, 3.8) is 0 Å². The zero-order valence-corrected chi connectivity index (χ0v) is 9.69. The minimum Gasteiger partial charge on any atom is -0.356 e. The molecule has 84 valence electrons. The van der Waals surface area contributed by atoms with Crippen LogP contribution < -0.4 is 4.90 Å². The Hall–Kier alpha value is -1.29. The van der Waals surface area contributed by atoms with Crippen molar-refractivity contribution < 1.29 is 0 Å². The molecule has 0 amide bonds. The molecule has 5 heteroatoms. The van der Waals surface area contributed by atoms with Crippen molar-refractivity contribution in [2.24, 2.45) is 0 Å². The second-order valence-electron chi connectivity index (χ2n) is 4.07. The summed E-state index contributed by atoms with van der Waals surface area (Å²) in [6.07, 6.45) is 7.37. The summed E-state index contributed by atoms with van der Waals surface area (Å²) in [6, 6.07) is 1.87. The molecule has 3 heterocycles. The summed E-state index contributed by atoms with van der Waals surface area (Å²) in [6.45, 7) is 2.16. The van der Waals surface area contributed by atoms with Crippen molar-refractivity contribution in [3.8, 4) is 0 Å². The Kier molecular flexibility index (Phi) is 2.44. The Morgan fingerprint density at radius 3 is 2.75 bits per heavy atom. The molecule has 2 aromatic heterocycles. The molecule has 3 rings (SSSR count). The maximum absolute atomic E-state index is 6.11. The van der Waals surface area contributed by atoms with E-state index in [9.17, 15) is 0 Å². The highest BCUT2D eigenvalue weighted by molar-refractivity contribution is 6.28.